The number of hydrogen-bond acceptors (Lipinski definition) is 10. The number of amides is 6. The van der Waals surface area contributed by atoms with Crippen LogP contribution in [0.4, 0.5) is 21.9 Å². The molecule has 5 unspecified atom stereocenters. The lowest BCUT2D eigenvalue weighted by Crippen LogP contribution is -2.44. The Balaban J connectivity index is 1.54. The number of carbonyl (C=O) groups is 7. The number of urea groups is 1. The lowest BCUT2D eigenvalue weighted by atomic mass is 9.66. The molecule has 1 fully saturated rings. The highest BCUT2D eigenvalue weighted by Gasteiger charge is 2.51. The number of ether oxygens (including phenoxy) is 1. The number of carboxylic acid groups (broad SMARTS) is 1. The lowest BCUT2D eigenvalue weighted by Gasteiger charge is -2.38. The molecule has 312 valence electrons. The van der Waals surface area contributed by atoms with Crippen LogP contribution < -0.4 is 26.6 Å². The van der Waals surface area contributed by atoms with Gasteiger partial charge in [0.1, 0.15) is 12.4 Å². The molecule has 16 nitrogen and oxygen atoms in total. The van der Waals surface area contributed by atoms with Crippen molar-refractivity contribution in [2.24, 2.45) is 39.7 Å². The number of nitrogens with two attached hydrogens (primary N) is 1. The molecule has 6 amide bonds. The molecule has 5 atom stereocenters. The molecule has 0 aromatic heterocycles. The molecule has 1 saturated heterocycles. The van der Waals surface area contributed by atoms with Crippen LogP contribution in [0.5, 0.6) is 5.75 Å². The molecule has 0 radical (unpaired) electrons. The molecule has 3 aromatic rings. The minimum Gasteiger partial charge on any atom is -0.508 e. The summed E-state index contributed by atoms with van der Waals surface area (Å²) >= 11 is 0. The third-order valence-corrected chi connectivity index (χ3v) is 10.7. The van der Waals surface area contributed by atoms with Crippen molar-refractivity contribution >= 4 is 58.7 Å². The number of phenols is 1. The maximum atomic E-state index is 14.1. The van der Waals surface area contributed by atoms with Gasteiger partial charge in [-0.2, -0.15) is 5.26 Å². The second-order valence-corrected chi connectivity index (χ2v) is 16.1. The molecule has 0 aliphatic carbocycles. The van der Waals surface area contributed by atoms with E-state index in [0.29, 0.717) is 17.1 Å². The highest BCUT2D eigenvalue weighted by molar-refractivity contribution is 6.22. The quantitative estimate of drug-likeness (QED) is 0.0408. The predicted octanol–water partition coefficient (Wildman–Crippen LogP) is 5.44. The van der Waals surface area contributed by atoms with Gasteiger partial charge in [-0.05, 0) is 93.3 Å². The number of carboxylic acids is 1. The van der Waals surface area contributed by atoms with Crippen molar-refractivity contribution in [1.82, 2.24) is 5.32 Å². The van der Waals surface area contributed by atoms with E-state index >= 15 is 0 Å². The fourth-order valence-electron chi connectivity index (χ4n) is 7.46. The van der Waals surface area contributed by atoms with E-state index in [1.165, 1.54) is 62.4 Å². The Morgan fingerprint density at radius 2 is 1.44 bits per heavy atom. The van der Waals surface area contributed by atoms with Gasteiger partial charge in [0.25, 0.3) is 0 Å². The fraction of sp³-hybridized carbons (Fsp3) is 0.395. The minimum absolute atomic E-state index is 0.0160. The van der Waals surface area contributed by atoms with Crippen molar-refractivity contribution in [3.8, 4) is 11.8 Å². The normalized spacial score (nSPS) is 17.7. The first-order valence-corrected chi connectivity index (χ1v) is 19.0. The monoisotopic (exact) mass is 810 g/mol. The number of aromatic hydroxyl groups is 1. The van der Waals surface area contributed by atoms with Crippen LogP contribution in [-0.2, 0) is 28.7 Å². The molecule has 1 aliphatic rings. The summed E-state index contributed by atoms with van der Waals surface area (Å²) in [6.07, 6.45) is -0.730. The van der Waals surface area contributed by atoms with Crippen molar-refractivity contribution in [1.29, 1.82) is 5.26 Å². The van der Waals surface area contributed by atoms with Crippen LogP contribution in [-0.4, -0.2) is 65.0 Å². The Morgan fingerprint density at radius 3 is 2.02 bits per heavy atom. The molecule has 0 bridgehead atoms. The molecule has 3 aromatic carbocycles. The summed E-state index contributed by atoms with van der Waals surface area (Å²) < 4.78 is 5.64. The van der Waals surface area contributed by atoms with Crippen LogP contribution in [0, 0.1) is 45.3 Å². The van der Waals surface area contributed by atoms with E-state index in [1.54, 1.807) is 51.1 Å². The van der Waals surface area contributed by atoms with Crippen LogP contribution in [0.2, 0.25) is 0 Å². The molecule has 16 heteroatoms. The number of aromatic carboxylic acids is 1. The largest absolute Gasteiger partial charge is 0.508 e. The zero-order chi connectivity index (χ0) is 43.7. The molecule has 4 rings (SSSR count). The first kappa shape index (κ1) is 44.9. The number of rotatable bonds is 18. The van der Waals surface area contributed by atoms with Gasteiger partial charge in [-0.25, -0.2) is 9.59 Å². The Labute approximate surface area is 342 Å². The summed E-state index contributed by atoms with van der Waals surface area (Å²) in [6.45, 7) is 7.43. The van der Waals surface area contributed by atoms with Crippen LogP contribution in [0.3, 0.4) is 0 Å². The van der Waals surface area contributed by atoms with Gasteiger partial charge in [-0.1, -0.05) is 45.9 Å². The highest BCUT2D eigenvalue weighted by Crippen LogP contribution is 2.46. The first-order valence-electron chi connectivity index (χ1n) is 19.0. The fourth-order valence-corrected chi connectivity index (χ4v) is 7.46. The zero-order valence-corrected chi connectivity index (χ0v) is 33.6. The first-order chi connectivity index (χ1) is 27.7. The van der Waals surface area contributed by atoms with Gasteiger partial charge in [0, 0.05) is 34.0 Å². The van der Waals surface area contributed by atoms with E-state index in [0.717, 1.165) is 4.90 Å². The van der Waals surface area contributed by atoms with Gasteiger partial charge in [0.05, 0.1) is 35.2 Å². The van der Waals surface area contributed by atoms with E-state index in [2.05, 4.69) is 22.0 Å². The number of carbonyl (C=O) groups excluding carboxylic acids is 6. The molecule has 1 heterocycles. The van der Waals surface area contributed by atoms with Gasteiger partial charge in [-0.3, -0.25) is 28.9 Å². The van der Waals surface area contributed by atoms with Crippen LogP contribution in [0.1, 0.15) is 70.7 Å². The number of phenolic OH excluding ortho intramolecular Hbond substituents is 1. The average molecular weight is 811 g/mol. The maximum absolute atomic E-state index is 14.1. The van der Waals surface area contributed by atoms with E-state index in [9.17, 15) is 49.0 Å². The number of esters is 1. The molecular weight excluding hydrogens is 761 g/mol. The van der Waals surface area contributed by atoms with Crippen molar-refractivity contribution in [2.75, 3.05) is 28.7 Å². The van der Waals surface area contributed by atoms with E-state index < -0.39 is 75.6 Å². The number of benzene rings is 3. The summed E-state index contributed by atoms with van der Waals surface area (Å²) in [6, 6.07) is 21.2. The Kier molecular flexibility index (Phi) is 14.2. The standard InChI is InChI=1S/C43H50N6O10/c1-26-33(35(52)49(34(26)51)31-9-7-6-8-10-31)23-42(4,37(45)55)21-27(24-44)22-43(5,25-41(2,3)38(56)47-29-13-11-28(12-14-29)36(53)54)39(57)59-20-19-46-40(58)48-30-15-17-32(50)18-16-30/h6-18,26-27,33,50H,19-23,25H2,1-5H3,(H2,45,55)(H,47,56)(H,53,54)(H2,46,48,58). The van der Waals surface area contributed by atoms with Gasteiger partial charge in [0.15, 0.2) is 0 Å². The average Bonchev–Trinajstić information content (AvgIpc) is 3.39. The number of imide groups is 1. The highest BCUT2D eigenvalue weighted by atomic mass is 16.5. The van der Waals surface area contributed by atoms with E-state index in [1.807, 2.05) is 0 Å². The number of anilines is 3. The second kappa shape index (κ2) is 18.7. The molecule has 1 aliphatic heterocycles. The topological polar surface area (TPSA) is 258 Å². The number of hydrogen-bond donors (Lipinski definition) is 6. The smallest absolute Gasteiger partial charge is 0.335 e. The maximum Gasteiger partial charge on any atom is 0.335 e. The number of para-hydroxylation sites is 1. The minimum atomic E-state index is -1.56. The number of primary amides is 1. The molecule has 0 saturated carbocycles. The Bertz CT molecular complexity index is 2100. The van der Waals surface area contributed by atoms with Crippen molar-refractivity contribution in [2.45, 2.75) is 60.3 Å². The number of nitrogens with one attached hydrogen (secondary N) is 3. The van der Waals surface area contributed by atoms with Crippen molar-refractivity contribution in [3.63, 3.8) is 0 Å². The molecular formula is C43H50N6O10. The summed E-state index contributed by atoms with van der Waals surface area (Å²) in [4.78, 5) is 92.8. The van der Waals surface area contributed by atoms with Gasteiger partial charge in [0.2, 0.25) is 23.6 Å². The predicted molar refractivity (Wildman–Crippen MR) is 216 cm³/mol. The van der Waals surface area contributed by atoms with Crippen molar-refractivity contribution in [3.05, 3.63) is 84.4 Å². The van der Waals surface area contributed by atoms with Crippen molar-refractivity contribution < 1.29 is 48.5 Å². The SMILES string of the molecule is CC1C(=O)N(c2ccccc2)C(=O)C1CC(C)(CC(C#N)CC(C)(CC(C)(C)C(=O)Nc1ccc(C(=O)O)cc1)C(=O)OCCNC(=O)Nc1ccc(O)cc1)C(N)=O. The molecule has 59 heavy (non-hydrogen) atoms. The van der Waals surface area contributed by atoms with Crippen LogP contribution in [0.25, 0.3) is 0 Å². The number of nitrogens with zero attached hydrogens (tertiary/aromatic N) is 2. The van der Waals surface area contributed by atoms with Crippen LogP contribution in [0.15, 0.2) is 78.9 Å². The van der Waals surface area contributed by atoms with Crippen LogP contribution >= 0.6 is 0 Å². The summed E-state index contributed by atoms with van der Waals surface area (Å²) in [5, 5.41) is 37.1. The Morgan fingerprint density at radius 1 is 0.864 bits per heavy atom. The third-order valence-electron chi connectivity index (χ3n) is 10.7. The molecule has 0 spiro atoms. The zero-order valence-electron chi connectivity index (χ0n) is 33.6. The second-order valence-electron chi connectivity index (χ2n) is 16.1. The summed E-state index contributed by atoms with van der Waals surface area (Å²) in [5.74, 6) is -6.96. The molecule has 7 N–H and O–H groups in total. The summed E-state index contributed by atoms with van der Waals surface area (Å²) in [7, 11) is 0. The van der Waals surface area contributed by atoms with Gasteiger partial charge in [-0.15, -0.1) is 0 Å². The number of nitriles is 1. The van der Waals surface area contributed by atoms with Gasteiger partial charge < -0.3 is 36.6 Å². The summed E-state index contributed by atoms with van der Waals surface area (Å²) in [5.41, 5.74) is 2.72. The Hall–Kier alpha value is -6.76. The van der Waals surface area contributed by atoms with Gasteiger partial charge >= 0.3 is 18.0 Å². The lowest BCUT2D eigenvalue weighted by molar-refractivity contribution is -0.158. The van der Waals surface area contributed by atoms with E-state index in [-0.39, 0.29) is 50.1 Å². The third kappa shape index (κ3) is 11.2. The van der Waals surface area contributed by atoms with E-state index in [4.69, 9.17) is 10.5 Å².